The third-order valence-electron chi connectivity index (χ3n) is 3.35. The van der Waals surface area contributed by atoms with Gasteiger partial charge in [-0.2, -0.15) is 4.31 Å². The van der Waals surface area contributed by atoms with Gasteiger partial charge in [-0.3, -0.25) is 4.98 Å². The van der Waals surface area contributed by atoms with Gasteiger partial charge in [-0.25, -0.2) is 8.42 Å². The van der Waals surface area contributed by atoms with Crippen LogP contribution in [-0.4, -0.2) is 56.1 Å². The zero-order valence-corrected chi connectivity index (χ0v) is 10.6. The van der Waals surface area contributed by atoms with E-state index in [1.807, 2.05) is 0 Å². The van der Waals surface area contributed by atoms with E-state index in [-0.39, 0.29) is 17.0 Å². The third kappa shape index (κ3) is 2.03. The molecule has 0 amide bonds. The Morgan fingerprint density at radius 2 is 2.33 bits per heavy atom. The van der Waals surface area contributed by atoms with Crippen LogP contribution in [0.3, 0.4) is 0 Å². The second kappa shape index (κ2) is 4.58. The lowest BCUT2D eigenvalue weighted by Gasteiger charge is -2.25. The SMILES string of the molecule is O=S(=O)(c1cccnc1)N1C[C@@H]2NCCO[C@H]2C1. The van der Waals surface area contributed by atoms with Crippen molar-refractivity contribution in [3.05, 3.63) is 24.5 Å². The zero-order chi connectivity index (χ0) is 12.6. The van der Waals surface area contributed by atoms with E-state index in [0.717, 1.165) is 6.54 Å². The summed E-state index contributed by atoms with van der Waals surface area (Å²) in [7, 11) is -3.45. The molecule has 2 aliphatic rings. The number of hydrogen-bond donors (Lipinski definition) is 1. The predicted octanol–water partition coefficient (Wildman–Crippen LogP) is -0.557. The van der Waals surface area contributed by atoms with Gasteiger partial charge in [0.25, 0.3) is 0 Å². The molecule has 2 saturated heterocycles. The number of ether oxygens (including phenoxy) is 1. The molecule has 0 unspecified atom stereocenters. The summed E-state index contributed by atoms with van der Waals surface area (Å²) < 4.78 is 31.8. The van der Waals surface area contributed by atoms with Crippen molar-refractivity contribution < 1.29 is 13.2 Å². The molecule has 1 N–H and O–H groups in total. The average molecular weight is 269 g/mol. The van der Waals surface area contributed by atoms with E-state index in [4.69, 9.17) is 4.74 Å². The van der Waals surface area contributed by atoms with Crippen molar-refractivity contribution in [2.75, 3.05) is 26.2 Å². The van der Waals surface area contributed by atoms with E-state index in [2.05, 4.69) is 10.3 Å². The highest BCUT2D eigenvalue weighted by atomic mass is 32.2. The van der Waals surface area contributed by atoms with Gasteiger partial charge in [-0.05, 0) is 12.1 Å². The number of rotatable bonds is 2. The van der Waals surface area contributed by atoms with E-state index in [1.54, 1.807) is 18.3 Å². The van der Waals surface area contributed by atoms with E-state index in [1.165, 1.54) is 10.5 Å². The van der Waals surface area contributed by atoms with Crippen molar-refractivity contribution in [3.63, 3.8) is 0 Å². The molecule has 0 bridgehead atoms. The lowest BCUT2D eigenvalue weighted by atomic mass is 10.2. The van der Waals surface area contributed by atoms with E-state index in [0.29, 0.717) is 19.7 Å². The van der Waals surface area contributed by atoms with Gasteiger partial charge in [0.15, 0.2) is 0 Å². The first-order chi connectivity index (χ1) is 8.68. The van der Waals surface area contributed by atoms with Crippen LogP contribution in [0.5, 0.6) is 0 Å². The number of morpholine rings is 1. The van der Waals surface area contributed by atoms with Gasteiger partial charge in [0.2, 0.25) is 10.0 Å². The maximum Gasteiger partial charge on any atom is 0.244 e. The Labute approximate surface area is 106 Å². The average Bonchev–Trinajstić information content (AvgIpc) is 2.84. The lowest BCUT2D eigenvalue weighted by molar-refractivity contribution is 0.0194. The molecule has 98 valence electrons. The monoisotopic (exact) mass is 269 g/mol. The predicted molar refractivity (Wildman–Crippen MR) is 64.5 cm³/mol. The maximum absolute atomic E-state index is 12.4. The smallest absolute Gasteiger partial charge is 0.244 e. The molecule has 18 heavy (non-hydrogen) atoms. The Kier molecular flexibility index (Phi) is 3.06. The van der Waals surface area contributed by atoms with Gasteiger partial charge in [-0.1, -0.05) is 0 Å². The number of pyridine rings is 1. The summed E-state index contributed by atoms with van der Waals surface area (Å²) in [6, 6.07) is 3.30. The molecule has 2 atom stereocenters. The molecular formula is C11H15N3O3S. The maximum atomic E-state index is 12.4. The number of fused-ring (bicyclic) bond motifs is 1. The summed E-state index contributed by atoms with van der Waals surface area (Å²) in [5.74, 6) is 0. The quantitative estimate of drug-likeness (QED) is 0.779. The molecule has 0 spiro atoms. The van der Waals surface area contributed by atoms with Gasteiger partial charge in [-0.15, -0.1) is 0 Å². The molecule has 2 fully saturated rings. The Hall–Kier alpha value is -1.02. The van der Waals surface area contributed by atoms with Gasteiger partial charge in [0.05, 0.1) is 12.7 Å². The van der Waals surface area contributed by atoms with Crippen LogP contribution in [0.4, 0.5) is 0 Å². The number of hydrogen-bond acceptors (Lipinski definition) is 5. The van der Waals surface area contributed by atoms with Crippen LogP contribution in [0.15, 0.2) is 29.4 Å². The van der Waals surface area contributed by atoms with Gasteiger partial charge in [0.1, 0.15) is 4.90 Å². The first-order valence-electron chi connectivity index (χ1n) is 5.93. The molecule has 7 heteroatoms. The molecule has 3 heterocycles. The zero-order valence-electron chi connectivity index (χ0n) is 9.82. The Morgan fingerprint density at radius 3 is 3.06 bits per heavy atom. The number of sulfonamides is 1. The van der Waals surface area contributed by atoms with Crippen molar-refractivity contribution in [1.29, 1.82) is 0 Å². The van der Waals surface area contributed by atoms with Crippen LogP contribution in [0.2, 0.25) is 0 Å². The summed E-state index contributed by atoms with van der Waals surface area (Å²) in [6.45, 7) is 2.29. The van der Waals surface area contributed by atoms with Crippen LogP contribution < -0.4 is 5.32 Å². The van der Waals surface area contributed by atoms with Crippen molar-refractivity contribution in [1.82, 2.24) is 14.6 Å². The second-order valence-corrected chi connectivity index (χ2v) is 6.42. The van der Waals surface area contributed by atoms with Gasteiger partial charge in [0, 0.05) is 38.1 Å². The number of nitrogens with one attached hydrogen (secondary N) is 1. The largest absolute Gasteiger partial charge is 0.374 e. The number of aromatic nitrogens is 1. The standard InChI is InChI=1S/C11H15N3O3S/c15-18(16,9-2-1-3-12-6-9)14-7-10-11(8-14)17-5-4-13-10/h1-3,6,10-11,13H,4-5,7-8H2/t10-,11-/m0/s1. The summed E-state index contributed by atoms with van der Waals surface area (Å²) in [6.07, 6.45) is 2.91. The number of nitrogens with zero attached hydrogens (tertiary/aromatic N) is 2. The van der Waals surface area contributed by atoms with E-state index >= 15 is 0 Å². The minimum Gasteiger partial charge on any atom is -0.374 e. The second-order valence-electron chi connectivity index (χ2n) is 4.48. The summed E-state index contributed by atoms with van der Waals surface area (Å²) in [5.41, 5.74) is 0. The fraction of sp³-hybridized carbons (Fsp3) is 0.545. The van der Waals surface area contributed by atoms with Crippen LogP contribution in [0, 0.1) is 0 Å². The molecule has 0 saturated carbocycles. The molecule has 6 nitrogen and oxygen atoms in total. The first kappa shape index (κ1) is 12.0. The summed E-state index contributed by atoms with van der Waals surface area (Å²) in [5, 5.41) is 3.29. The minimum absolute atomic E-state index is 0.0369. The highest BCUT2D eigenvalue weighted by Gasteiger charge is 2.41. The lowest BCUT2D eigenvalue weighted by Crippen LogP contribution is -2.47. The van der Waals surface area contributed by atoms with Crippen LogP contribution in [-0.2, 0) is 14.8 Å². The topological polar surface area (TPSA) is 71.5 Å². The molecular weight excluding hydrogens is 254 g/mol. The first-order valence-corrected chi connectivity index (χ1v) is 7.37. The van der Waals surface area contributed by atoms with Crippen molar-refractivity contribution in [2.24, 2.45) is 0 Å². The molecule has 3 rings (SSSR count). The highest BCUT2D eigenvalue weighted by Crippen LogP contribution is 2.23. The van der Waals surface area contributed by atoms with E-state index < -0.39 is 10.0 Å². The van der Waals surface area contributed by atoms with Crippen LogP contribution in [0.1, 0.15) is 0 Å². The molecule has 0 aromatic carbocycles. The fourth-order valence-corrected chi connectivity index (χ4v) is 3.85. The van der Waals surface area contributed by atoms with Gasteiger partial charge >= 0.3 is 0 Å². The Bertz CT molecular complexity index is 506. The van der Waals surface area contributed by atoms with Crippen LogP contribution in [0.25, 0.3) is 0 Å². The molecule has 0 radical (unpaired) electrons. The summed E-state index contributed by atoms with van der Waals surface area (Å²) >= 11 is 0. The normalized spacial score (nSPS) is 29.1. The van der Waals surface area contributed by atoms with Gasteiger partial charge < -0.3 is 10.1 Å². The third-order valence-corrected chi connectivity index (χ3v) is 5.16. The fourth-order valence-electron chi connectivity index (χ4n) is 2.40. The molecule has 1 aromatic heterocycles. The molecule has 0 aliphatic carbocycles. The Morgan fingerprint density at radius 1 is 1.44 bits per heavy atom. The van der Waals surface area contributed by atoms with Crippen molar-refractivity contribution in [3.8, 4) is 0 Å². The minimum atomic E-state index is -3.45. The Balaban J connectivity index is 1.83. The molecule has 2 aliphatic heterocycles. The van der Waals surface area contributed by atoms with E-state index in [9.17, 15) is 8.42 Å². The summed E-state index contributed by atoms with van der Waals surface area (Å²) in [4.78, 5) is 4.10. The van der Waals surface area contributed by atoms with Crippen molar-refractivity contribution >= 4 is 10.0 Å². The highest BCUT2D eigenvalue weighted by molar-refractivity contribution is 7.89. The van der Waals surface area contributed by atoms with Crippen molar-refractivity contribution in [2.45, 2.75) is 17.0 Å². The molecule has 1 aromatic rings. The van der Waals surface area contributed by atoms with Crippen LogP contribution >= 0.6 is 0 Å².